The molecule has 7 nitrogen and oxygen atoms in total. The number of piperidine rings is 1. The van der Waals surface area contributed by atoms with E-state index in [1.807, 2.05) is 0 Å². The number of aliphatic carboxylic acids is 1. The molecule has 1 unspecified atom stereocenters. The molecule has 0 bridgehead atoms. The van der Waals surface area contributed by atoms with Crippen molar-refractivity contribution in [2.75, 3.05) is 6.54 Å². The fourth-order valence-corrected chi connectivity index (χ4v) is 2.54. The zero-order valence-corrected chi connectivity index (χ0v) is 11.6. The molecule has 21 heavy (non-hydrogen) atoms. The number of carbonyl (C=O) groups excluding carboxylic acids is 1. The van der Waals surface area contributed by atoms with Gasteiger partial charge < -0.3 is 10.0 Å². The summed E-state index contributed by atoms with van der Waals surface area (Å²) in [6, 6.07) is 3.36. The molecular formula is C14H16N2O5. The first-order valence-corrected chi connectivity index (χ1v) is 6.70. The molecule has 1 heterocycles. The van der Waals surface area contributed by atoms with Crippen molar-refractivity contribution in [2.24, 2.45) is 0 Å². The Morgan fingerprint density at radius 2 is 2.10 bits per heavy atom. The molecule has 0 radical (unpaired) electrons. The van der Waals surface area contributed by atoms with Crippen LogP contribution in [0.15, 0.2) is 18.2 Å². The normalized spacial score (nSPS) is 18.3. The minimum Gasteiger partial charge on any atom is -0.480 e. The molecule has 0 aliphatic carbocycles. The molecule has 2 rings (SSSR count). The van der Waals surface area contributed by atoms with Crippen LogP contribution in [0, 0.1) is 17.0 Å². The predicted octanol–water partition coefficient (Wildman–Crippen LogP) is 1.98. The van der Waals surface area contributed by atoms with Crippen molar-refractivity contribution in [3.63, 3.8) is 0 Å². The topological polar surface area (TPSA) is 101 Å². The van der Waals surface area contributed by atoms with Gasteiger partial charge >= 0.3 is 5.97 Å². The van der Waals surface area contributed by atoms with E-state index in [9.17, 15) is 24.8 Å². The van der Waals surface area contributed by atoms with Crippen LogP contribution >= 0.6 is 0 Å². The number of carboxylic acids is 1. The van der Waals surface area contributed by atoms with E-state index in [0.717, 1.165) is 12.8 Å². The molecule has 0 saturated carbocycles. The van der Waals surface area contributed by atoms with Gasteiger partial charge in [-0.05, 0) is 32.3 Å². The fraction of sp³-hybridized carbons (Fsp3) is 0.429. The van der Waals surface area contributed by atoms with Gasteiger partial charge in [0.05, 0.1) is 4.92 Å². The lowest BCUT2D eigenvalue weighted by molar-refractivity contribution is -0.385. The van der Waals surface area contributed by atoms with Gasteiger partial charge in [-0.2, -0.15) is 0 Å². The summed E-state index contributed by atoms with van der Waals surface area (Å²) in [4.78, 5) is 35.3. The number of likely N-dealkylation sites (tertiary alicyclic amines) is 1. The van der Waals surface area contributed by atoms with Gasteiger partial charge in [-0.15, -0.1) is 0 Å². The minimum atomic E-state index is -1.04. The lowest BCUT2D eigenvalue weighted by Gasteiger charge is -2.33. The van der Waals surface area contributed by atoms with Gasteiger partial charge in [0, 0.05) is 23.7 Å². The summed E-state index contributed by atoms with van der Waals surface area (Å²) in [6.45, 7) is 1.95. The van der Waals surface area contributed by atoms with Crippen LogP contribution in [-0.2, 0) is 4.79 Å². The summed E-state index contributed by atoms with van der Waals surface area (Å²) in [7, 11) is 0. The van der Waals surface area contributed by atoms with Crippen LogP contribution in [-0.4, -0.2) is 39.4 Å². The number of carboxylic acid groups (broad SMARTS) is 1. The first kappa shape index (κ1) is 15.0. The number of carbonyl (C=O) groups is 2. The molecule has 1 aromatic rings. The van der Waals surface area contributed by atoms with Crippen LogP contribution in [0.3, 0.4) is 0 Å². The van der Waals surface area contributed by atoms with E-state index in [1.54, 1.807) is 6.92 Å². The summed E-state index contributed by atoms with van der Waals surface area (Å²) in [5.74, 6) is -1.50. The number of rotatable bonds is 3. The Morgan fingerprint density at radius 1 is 1.38 bits per heavy atom. The summed E-state index contributed by atoms with van der Waals surface area (Å²) < 4.78 is 0. The smallest absolute Gasteiger partial charge is 0.326 e. The number of nitro groups is 1. The molecular weight excluding hydrogens is 276 g/mol. The van der Waals surface area contributed by atoms with Crippen molar-refractivity contribution in [2.45, 2.75) is 32.2 Å². The van der Waals surface area contributed by atoms with Gasteiger partial charge in [-0.1, -0.05) is 6.07 Å². The lowest BCUT2D eigenvalue weighted by atomic mass is 10.0. The van der Waals surface area contributed by atoms with E-state index in [0.29, 0.717) is 18.5 Å². The molecule has 1 fully saturated rings. The van der Waals surface area contributed by atoms with E-state index in [1.165, 1.54) is 23.1 Å². The average molecular weight is 292 g/mol. The second-order valence-electron chi connectivity index (χ2n) is 5.11. The number of aryl methyl sites for hydroxylation is 1. The van der Waals surface area contributed by atoms with Crippen LogP contribution in [0.1, 0.15) is 35.2 Å². The standard InChI is InChI=1S/C14H16N2O5/c1-9-5-6-10(8-12(9)16(20)21)13(17)15-7-3-2-4-11(15)14(18)19/h5-6,8,11H,2-4,7H2,1H3,(H,18,19). The average Bonchev–Trinajstić information content (AvgIpc) is 2.46. The first-order chi connectivity index (χ1) is 9.91. The molecule has 1 aliphatic rings. The van der Waals surface area contributed by atoms with Crippen LogP contribution in [0.2, 0.25) is 0 Å². The molecule has 1 saturated heterocycles. The van der Waals surface area contributed by atoms with Gasteiger partial charge in [0.2, 0.25) is 0 Å². The Morgan fingerprint density at radius 3 is 2.71 bits per heavy atom. The summed E-state index contributed by atoms with van der Waals surface area (Å²) in [5, 5.41) is 20.1. The Bertz CT molecular complexity index is 599. The monoisotopic (exact) mass is 292 g/mol. The van der Waals surface area contributed by atoms with Gasteiger partial charge in [0.15, 0.2) is 0 Å². The zero-order valence-electron chi connectivity index (χ0n) is 11.6. The summed E-state index contributed by atoms with van der Waals surface area (Å²) in [6.07, 6.45) is 1.91. The molecule has 1 amide bonds. The van der Waals surface area contributed by atoms with Crippen LogP contribution in [0.4, 0.5) is 5.69 Å². The van der Waals surface area contributed by atoms with Gasteiger partial charge in [0.25, 0.3) is 11.6 Å². The first-order valence-electron chi connectivity index (χ1n) is 6.70. The second kappa shape index (κ2) is 5.90. The van der Waals surface area contributed by atoms with Crippen molar-refractivity contribution in [1.29, 1.82) is 0 Å². The van der Waals surface area contributed by atoms with E-state index in [2.05, 4.69) is 0 Å². The van der Waals surface area contributed by atoms with Crippen molar-refractivity contribution >= 4 is 17.6 Å². The van der Waals surface area contributed by atoms with Gasteiger partial charge in [-0.25, -0.2) is 4.79 Å². The van der Waals surface area contributed by atoms with Crippen molar-refractivity contribution in [3.05, 3.63) is 39.4 Å². The third kappa shape index (κ3) is 3.01. The zero-order chi connectivity index (χ0) is 15.6. The second-order valence-corrected chi connectivity index (χ2v) is 5.11. The maximum atomic E-state index is 12.4. The van der Waals surface area contributed by atoms with E-state index < -0.39 is 22.8 Å². The molecule has 112 valence electrons. The molecule has 0 aromatic heterocycles. The highest BCUT2D eigenvalue weighted by molar-refractivity contribution is 5.97. The molecule has 1 aromatic carbocycles. The lowest BCUT2D eigenvalue weighted by Crippen LogP contribution is -2.48. The number of nitrogens with zero attached hydrogens (tertiary/aromatic N) is 2. The van der Waals surface area contributed by atoms with Gasteiger partial charge in [-0.3, -0.25) is 14.9 Å². The maximum Gasteiger partial charge on any atom is 0.326 e. The summed E-state index contributed by atoms with van der Waals surface area (Å²) >= 11 is 0. The van der Waals surface area contributed by atoms with Crippen LogP contribution in [0.25, 0.3) is 0 Å². The Kier molecular flexibility index (Phi) is 4.21. The minimum absolute atomic E-state index is 0.135. The van der Waals surface area contributed by atoms with Crippen LogP contribution < -0.4 is 0 Å². The van der Waals surface area contributed by atoms with E-state index in [-0.39, 0.29) is 11.3 Å². The van der Waals surface area contributed by atoms with Crippen LogP contribution in [0.5, 0.6) is 0 Å². The molecule has 1 N–H and O–H groups in total. The van der Waals surface area contributed by atoms with Crippen molar-refractivity contribution in [3.8, 4) is 0 Å². The number of amides is 1. The molecule has 1 atom stereocenters. The molecule has 7 heteroatoms. The maximum absolute atomic E-state index is 12.4. The third-order valence-corrected chi connectivity index (χ3v) is 3.70. The highest BCUT2D eigenvalue weighted by Gasteiger charge is 2.33. The molecule has 0 spiro atoms. The summed E-state index contributed by atoms with van der Waals surface area (Å²) in [5.41, 5.74) is 0.482. The quantitative estimate of drug-likeness (QED) is 0.678. The fourth-order valence-electron chi connectivity index (χ4n) is 2.54. The number of benzene rings is 1. The number of hydrogen-bond donors (Lipinski definition) is 1. The Balaban J connectivity index is 2.32. The van der Waals surface area contributed by atoms with Gasteiger partial charge in [0.1, 0.15) is 6.04 Å². The largest absolute Gasteiger partial charge is 0.480 e. The third-order valence-electron chi connectivity index (χ3n) is 3.70. The Labute approximate surface area is 121 Å². The highest BCUT2D eigenvalue weighted by Crippen LogP contribution is 2.24. The molecule has 1 aliphatic heterocycles. The van der Waals surface area contributed by atoms with Crippen molar-refractivity contribution < 1.29 is 19.6 Å². The van der Waals surface area contributed by atoms with Crippen molar-refractivity contribution in [1.82, 2.24) is 4.90 Å². The Hall–Kier alpha value is -2.44. The van der Waals surface area contributed by atoms with E-state index >= 15 is 0 Å². The highest BCUT2D eigenvalue weighted by atomic mass is 16.6. The number of hydrogen-bond acceptors (Lipinski definition) is 4. The predicted molar refractivity (Wildman–Crippen MR) is 74.1 cm³/mol. The number of nitro benzene ring substituents is 1. The SMILES string of the molecule is Cc1ccc(C(=O)N2CCCCC2C(=O)O)cc1[N+](=O)[O-]. The van der Waals surface area contributed by atoms with E-state index in [4.69, 9.17) is 0 Å².